The van der Waals surface area contributed by atoms with Crippen LogP contribution in [0.4, 0.5) is 0 Å². The lowest BCUT2D eigenvalue weighted by Crippen LogP contribution is -2.03. The summed E-state index contributed by atoms with van der Waals surface area (Å²) < 4.78 is 0. The van der Waals surface area contributed by atoms with E-state index in [1.165, 1.54) is 5.56 Å². The fourth-order valence-electron chi connectivity index (χ4n) is 1.10. The minimum absolute atomic E-state index is 0.901. The highest BCUT2D eigenvalue weighted by molar-refractivity contribution is 5.56. The number of rotatable bonds is 4. The maximum atomic E-state index is 3.73. The molecule has 68 valence electrons. The normalized spacial score (nSPS) is 10.5. The third-order valence-corrected chi connectivity index (χ3v) is 1.78. The second-order valence-electron chi connectivity index (χ2n) is 2.83. The van der Waals surface area contributed by atoms with E-state index < -0.39 is 0 Å². The van der Waals surface area contributed by atoms with Crippen molar-refractivity contribution < 1.29 is 0 Å². The molecule has 0 amide bonds. The summed E-state index contributed by atoms with van der Waals surface area (Å²) in [5.74, 6) is 0. The number of hydrogen-bond acceptors (Lipinski definition) is 1. The van der Waals surface area contributed by atoms with E-state index in [1.807, 2.05) is 25.3 Å². The quantitative estimate of drug-likeness (QED) is 0.738. The topological polar surface area (TPSA) is 12.0 Å². The van der Waals surface area contributed by atoms with Crippen LogP contribution in [0, 0.1) is 0 Å². The van der Waals surface area contributed by atoms with Crippen molar-refractivity contribution in [1.82, 2.24) is 5.32 Å². The first-order chi connectivity index (χ1) is 6.36. The fraction of sp³-hybridized carbons (Fsp3) is 0.167. The van der Waals surface area contributed by atoms with E-state index in [0.717, 1.165) is 12.1 Å². The summed E-state index contributed by atoms with van der Waals surface area (Å²) >= 11 is 0. The van der Waals surface area contributed by atoms with Gasteiger partial charge < -0.3 is 5.32 Å². The first kappa shape index (κ1) is 9.75. The van der Waals surface area contributed by atoms with Gasteiger partial charge in [0.05, 0.1) is 0 Å². The SMILES string of the molecule is C=Cc1cccc(C=CCNC)c1. The Morgan fingerprint density at radius 3 is 2.85 bits per heavy atom. The second-order valence-corrected chi connectivity index (χ2v) is 2.83. The summed E-state index contributed by atoms with van der Waals surface area (Å²) in [6, 6.07) is 8.27. The van der Waals surface area contributed by atoms with Crippen LogP contribution in [0.2, 0.25) is 0 Å². The Balaban J connectivity index is 2.71. The van der Waals surface area contributed by atoms with Gasteiger partial charge in [-0.1, -0.05) is 43.0 Å². The largest absolute Gasteiger partial charge is 0.316 e. The molecule has 1 nitrogen and oxygen atoms in total. The first-order valence-corrected chi connectivity index (χ1v) is 4.40. The van der Waals surface area contributed by atoms with Gasteiger partial charge in [-0.05, 0) is 24.2 Å². The van der Waals surface area contributed by atoms with Gasteiger partial charge in [-0.15, -0.1) is 0 Å². The summed E-state index contributed by atoms with van der Waals surface area (Å²) in [4.78, 5) is 0. The highest BCUT2D eigenvalue weighted by Gasteiger charge is 1.87. The van der Waals surface area contributed by atoms with Gasteiger partial charge in [-0.3, -0.25) is 0 Å². The molecule has 0 aliphatic rings. The summed E-state index contributed by atoms with van der Waals surface area (Å²) in [5.41, 5.74) is 2.37. The predicted octanol–water partition coefficient (Wildman–Crippen LogP) is 2.56. The van der Waals surface area contributed by atoms with Crippen LogP contribution in [0.5, 0.6) is 0 Å². The highest BCUT2D eigenvalue weighted by Crippen LogP contribution is 2.07. The minimum Gasteiger partial charge on any atom is -0.316 e. The molecule has 1 aromatic rings. The molecule has 0 aliphatic carbocycles. The molecule has 0 atom stereocenters. The summed E-state index contributed by atoms with van der Waals surface area (Å²) in [5, 5.41) is 3.06. The van der Waals surface area contributed by atoms with Crippen LogP contribution in [0.15, 0.2) is 36.9 Å². The van der Waals surface area contributed by atoms with E-state index in [-0.39, 0.29) is 0 Å². The molecule has 0 aliphatic heterocycles. The van der Waals surface area contributed by atoms with E-state index >= 15 is 0 Å². The van der Waals surface area contributed by atoms with Crippen molar-refractivity contribution >= 4 is 12.2 Å². The van der Waals surface area contributed by atoms with Crippen molar-refractivity contribution in [3.8, 4) is 0 Å². The average molecular weight is 173 g/mol. The van der Waals surface area contributed by atoms with Crippen molar-refractivity contribution in [3.63, 3.8) is 0 Å². The van der Waals surface area contributed by atoms with E-state index in [0.29, 0.717) is 0 Å². The summed E-state index contributed by atoms with van der Waals surface area (Å²) in [7, 11) is 1.94. The van der Waals surface area contributed by atoms with Gasteiger partial charge in [-0.2, -0.15) is 0 Å². The molecule has 0 spiro atoms. The van der Waals surface area contributed by atoms with Crippen LogP contribution >= 0.6 is 0 Å². The molecule has 0 heterocycles. The monoisotopic (exact) mass is 173 g/mol. The lowest BCUT2D eigenvalue weighted by molar-refractivity contribution is 0.922. The maximum absolute atomic E-state index is 3.73. The van der Waals surface area contributed by atoms with Crippen LogP contribution in [0.3, 0.4) is 0 Å². The molecular weight excluding hydrogens is 158 g/mol. The molecule has 1 N–H and O–H groups in total. The fourth-order valence-corrected chi connectivity index (χ4v) is 1.10. The lowest BCUT2D eigenvalue weighted by atomic mass is 10.1. The third-order valence-electron chi connectivity index (χ3n) is 1.78. The second kappa shape index (κ2) is 5.33. The van der Waals surface area contributed by atoms with Crippen LogP contribution in [-0.4, -0.2) is 13.6 Å². The molecule has 13 heavy (non-hydrogen) atoms. The van der Waals surface area contributed by atoms with Gasteiger partial charge in [0.25, 0.3) is 0 Å². The number of likely N-dealkylation sites (N-methyl/N-ethyl adjacent to an activating group) is 1. The standard InChI is InChI=1S/C12H15N/c1-3-11-6-4-7-12(10-11)8-5-9-13-2/h3-8,10,13H,1,9H2,2H3. The predicted molar refractivity (Wildman–Crippen MR) is 59.5 cm³/mol. The molecule has 0 bridgehead atoms. The van der Waals surface area contributed by atoms with Crippen LogP contribution in [0.25, 0.3) is 12.2 Å². The third kappa shape index (κ3) is 3.26. The van der Waals surface area contributed by atoms with Crippen molar-refractivity contribution in [3.05, 3.63) is 48.0 Å². The Kier molecular flexibility index (Phi) is 4.00. The lowest BCUT2D eigenvalue weighted by Gasteiger charge is -1.95. The number of benzene rings is 1. The van der Waals surface area contributed by atoms with Gasteiger partial charge in [0.2, 0.25) is 0 Å². The molecule has 0 fully saturated rings. The Hall–Kier alpha value is -1.34. The van der Waals surface area contributed by atoms with Crippen LogP contribution < -0.4 is 5.32 Å². The van der Waals surface area contributed by atoms with Gasteiger partial charge in [-0.25, -0.2) is 0 Å². The molecule has 0 saturated carbocycles. The Labute approximate surface area is 79.8 Å². The van der Waals surface area contributed by atoms with E-state index in [2.05, 4.69) is 36.2 Å². The Morgan fingerprint density at radius 2 is 2.15 bits per heavy atom. The van der Waals surface area contributed by atoms with Crippen molar-refractivity contribution in [2.75, 3.05) is 13.6 Å². The zero-order valence-electron chi connectivity index (χ0n) is 7.96. The van der Waals surface area contributed by atoms with Gasteiger partial charge in [0, 0.05) is 6.54 Å². The molecule has 1 aromatic carbocycles. The zero-order chi connectivity index (χ0) is 9.52. The van der Waals surface area contributed by atoms with Gasteiger partial charge in [0.15, 0.2) is 0 Å². The van der Waals surface area contributed by atoms with Crippen LogP contribution in [0.1, 0.15) is 11.1 Å². The van der Waals surface area contributed by atoms with Crippen molar-refractivity contribution in [2.45, 2.75) is 0 Å². The van der Waals surface area contributed by atoms with Gasteiger partial charge in [0.1, 0.15) is 0 Å². The van der Waals surface area contributed by atoms with E-state index in [4.69, 9.17) is 0 Å². The molecule has 1 rings (SSSR count). The Morgan fingerprint density at radius 1 is 1.38 bits per heavy atom. The van der Waals surface area contributed by atoms with Crippen molar-refractivity contribution in [2.24, 2.45) is 0 Å². The molecule has 1 heteroatoms. The van der Waals surface area contributed by atoms with Crippen molar-refractivity contribution in [1.29, 1.82) is 0 Å². The molecular formula is C12H15N. The Bertz CT molecular complexity index is 300. The molecule has 0 aromatic heterocycles. The zero-order valence-corrected chi connectivity index (χ0v) is 7.96. The highest BCUT2D eigenvalue weighted by atomic mass is 14.8. The average Bonchev–Trinajstić information content (AvgIpc) is 2.19. The smallest absolute Gasteiger partial charge is 0.0135 e. The number of hydrogen-bond donors (Lipinski definition) is 1. The summed E-state index contributed by atoms with van der Waals surface area (Å²) in [6.07, 6.45) is 6.06. The van der Waals surface area contributed by atoms with E-state index in [9.17, 15) is 0 Å². The maximum Gasteiger partial charge on any atom is 0.0135 e. The molecule has 0 unspecified atom stereocenters. The van der Waals surface area contributed by atoms with Gasteiger partial charge >= 0.3 is 0 Å². The molecule has 0 radical (unpaired) electrons. The van der Waals surface area contributed by atoms with Crippen LogP contribution in [-0.2, 0) is 0 Å². The van der Waals surface area contributed by atoms with E-state index in [1.54, 1.807) is 0 Å². The molecule has 0 saturated heterocycles. The first-order valence-electron chi connectivity index (χ1n) is 4.40. The minimum atomic E-state index is 0.901. The summed E-state index contributed by atoms with van der Waals surface area (Å²) in [6.45, 7) is 4.63. The number of nitrogens with one attached hydrogen (secondary N) is 1.